The van der Waals surface area contributed by atoms with Crippen LogP contribution in [0.25, 0.3) is 17.0 Å². The zero-order valence-corrected chi connectivity index (χ0v) is 20.8. The molecule has 0 saturated heterocycles. The molecule has 36 heavy (non-hydrogen) atoms. The summed E-state index contributed by atoms with van der Waals surface area (Å²) in [5.74, 6) is 1.63. The lowest BCUT2D eigenvalue weighted by Crippen LogP contribution is -2.46. The van der Waals surface area contributed by atoms with E-state index in [1.165, 1.54) is 0 Å². The second kappa shape index (κ2) is 9.70. The number of carbonyl (C=O) groups is 1. The van der Waals surface area contributed by atoms with E-state index in [1.54, 1.807) is 4.90 Å². The summed E-state index contributed by atoms with van der Waals surface area (Å²) in [5, 5.41) is 7.41. The minimum absolute atomic E-state index is 0.225. The number of benzene rings is 3. The fraction of sp³-hybridized carbons (Fsp3) is 0.207. The van der Waals surface area contributed by atoms with E-state index in [-0.39, 0.29) is 6.03 Å². The van der Waals surface area contributed by atoms with Gasteiger partial charge in [0, 0.05) is 11.3 Å². The number of hydrogen-bond donors (Lipinski definition) is 1. The number of allylic oxidation sites excluding steroid dienone is 1. The SMILES string of the molecule is CCOc1ccc(C2NC(=O)N(c3ccc(C)cc3)C(C)=C2c2nc(-c3cccc(C)c3)no2)cc1. The van der Waals surface area contributed by atoms with Crippen LogP contribution in [0.4, 0.5) is 10.5 Å². The molecule has 2 heterocycles. The number of ether oxygens (including phenoxy) is 1. The highest BCUT2D eigenvalue weighted by Crippen LogP contribution is 2.39. The van der Waals surface area contributed by atoms with Gasteiger partial charge < -0.3 is 14.6 Å². The molecule has 4 aromatic rings. The summed E-state index contributed by atoms with van der Waals surface area (Å²) < 4.78 is 11.4. The standard InChI is InChI=1S/C29H28N4O3/c1-5-35-24-15-11-21(12-16-24)26-25(28-31-27(32-36-28)22-8-6-7-19(3)17-22)20(4)33(29(34)30-26)23-13-9-18(2)10-14-23/h6-17,26H,5H2,1-4H3,(H,30,34). The Morgan fingerprint density at radius 3 is 2.42 bits per heavy atom. The Hall–Kier alpha value is -4.39. The molecule has 182 valence electrons. The van der Waals surface area contributed by atoms with Gasteiger partial charge >= 0.3 is 6.03 Å². The Morgan fingerprint density at radius 1 is 0.972 bits per heavy atom. The smallest absolute Gasteiger partial charge is 0.326 e. The van der Waals surface area contributed by atoms with E-state index < -0.39 is 6.04 Å². The Labute approximate surface area is 210 Å². The minimum Gasteiger partial charge on any atom is -0.494 e. The maximum absolute atomic E-state index is 13.4. The second-order valence-electron chi connectivity index (χ2n) is 8.85. The number of nitrogens with one attached hydrogen (secondary N) is 1. The van der Waals surface area contributed by atoms with Crippen molar-refractivity contribution in [3.8, 4) is 17.1 Å². The first-order chi connectivity index (χ1) is 17.4. The average Bonchev–Trinajstić information content (AvgIpc) is 3.35. The average molecular weight is 481 g/mol. The number of hydrogen-bond acceptors (Lipinski definition) is 5. The molecule has 0 radical (unpaired) electrons. The van der Waals surface area contributed by atoms with Crippen LogP contribution < -0.4 is 15.0 Å². The normalized spacial score (nSPS) is 15.7. The Morgan fingerprint density at radius 2 is 1.72 bits per heavy atom. The summed E-state index contributed by atoms with van der Waals surface area (Å²) in [6, 6.07) is 22.8. The third-order valence-electron chi connectivity index (χ3n) is 6.23. The quantitative estimate of drug-likeness (QED) is 0.343. The van der Waals surface area contributed by atoms with Crippen LogP contribution in [0.1, 0.15) is 42.5 Å². The summed E-state index contributed by atoms with van der Waals surface area (Å²) in [5.41, 5.74) is 6.21. The highest BCUT2D eigenvalue weighted by Gasteiger charge is 2.36. The zero-order chi connectivity index (χ0) is 25.2. The molecule has 1 atom stereocenters. The fourth-order valence-electron chi connectivity index (χ4n) is 4.43. The lowest BCUT2D eigenvalue weighted by Gasteiger charge is -2.35. The summed E-state index contributed by atoms with van der Waals surface area (Å²) in [6.07, 6.45) is 0. The number of urea groups is 1. The molecule has 2 amide bonds. The minimum atomic E-state index is -0.472. The maximum atomic E-state index is 13.4. The van der Waals surface area contributed by atoms with Gasteiger partial charge in [-0.3, -0.25) is 4.90 Å². The van der Waals surface area contributed by atoms with Crippen molar-refractivity contribution in [1.29, 1.82) is 0 Å². The van der Waals surface area contributed by atoms with Crippen molar-refractivity contribution < 1.29 is 14.1 Å². The molecule has 1 aromatic heterocycles. The predicted octanol–water partition coefficient (Wildman–Crippen LogP) is 6.45. The molecule has 5 rings (SSSR count). The Bertz CT molecular complexity index is 1420. The van der Waals surface area contributed by atoms with Gasteiger partial charge in [-0.15, -0.1) is 0 Å². The first-order valence-electron chi connectivity index (χ1n) is 12.0. The molecular formula is C29H28N4O3. The molecule has 0 spiro atoms. The van der Waals surface area contributed by atoms with Crippen LogP contribution in [-0.2, 0) is 0 Å². The molecule has 0 fully saturated rings. The third-order valence-corrected chi connectivity index (χ3v) is 6.23. The largest absolute Gasteiger partial charge is 0.494 e. The lowest BCUT2D eigenvalue weighted by molar-refractivity contribution is 0.244. The van der Waals surface area contributed by atoms with Gasteiger partial charge in [0.1, 0.15) is 5.75 Å². The summed E-state index contributed by atoms with van der Waals surface area (Å²) in [7, 11) is 0. The summed E-state index contributed by atoms with van der Waals surface area (Å²) in [6.45, 7) is 8.47. The zero-order valence-electron chi connectivity index (χ0n) is 20.8. The number of rotatable bonds is 6. The molecule has 1 aliphatic rings. The van der Waals surface area contributed by atoms with Gasteiger partial charge in [-0.1, -0.05) is 58.7 Å². The highest BCUT2D eigenvalue weighted by atomic mass is 16.5. The topological polar surface area (TPSA) is 80.5 Å². The number of anilines is 1. The Kier molecular flexibility index (Phi) is 6.29. The molecule has 7 heteroatoms. The van der Waals surface area contributed by atoms with Crippen LogP contribution in [0.15, 0.2) is 83.0 Å². The van der Waals surface area contributed by atoms with Crippen molar-refractivity contribution in [2.75, 3.05) is 11.5 Å². The number of amides is 2. The van der Waals surface area contributed by atoms with Crippen molar-refractivity contribution in [2.45, 2.75) is 33.7 Å². The van der Waals surface area contributed by atoms with Crippen molar-refractivity contribution in [1.82, 2.24) is 15.5 Å². The number of nitrogens with zero attached hydrogens (tertiary/aromatic N) is 3. The summed E-state index contributed by atoms with van der Waals surface area (Å²) >= 11 is 0. The van der Waals surface area contributed by atoms with E-state index in [0.29, 0.717) is 18.3 Å². The third kappa shape index (κ3) is 4.47. The molecule has 0 aliphatic carbocycles. The van der Waals surface area contributed by atoms with Gasteiger partial charge in [0.2, 0.25) is 5.82 Å². The van der Waals surface area contributed by atoms with Crippen molar-refractivity contribution in [3.05, 3.63) is 101 Å². The number of carbonyl (C=O) groups excluding carboxylic acids is 1. The maximum Gasteiger partial charge on any atom is 0.326 e. The number of aromatic nitrogens is 2. The molecule has 1 N–H and O–H groups in total. The Balaban J connectivity index is 1.62. The molecule has 7 nitrogen and oxygen atoms in total. The van der Waals surface area contributed by atoms with E-state index in [4.69, 9.17) is 14.2 Å². The highest BCUT2D eigenvalue weighted by molar-refractivity contribution is 6.01. The van der Waals surface area contributed by atoms with Crippen LogP contribution in [0.3, 0.4) is 0 Å². The van der Waals surface area contributed by atoms with Gasteiger partial charge in [0.25, 0.3) is 5.89 Å². The molecular weight excluding hydrogens is 452 g/mol. The van der Waals surface area contributed by atoms with Gasteiger partial charge in [-0.05, 0) is 63.6 Å². The van der Waals surface area contributed by atoms with E-state index in [9.17, 15) is 4.79 Å². The fourth-order valence-corrected chi connectivity index (χ4v) is 4.43. The monoisotopic (exact) mass is 480 g/mol. The van der Waals surface area contributed by atoms with E-state index >= 15 is 0 Å². The lowest BCUT2D eigenvalue weighted by atomic mass is 9.94. The molecule has 1 aliphatic heterocycles. The predicted molar refractivity (Wildman–Crippen MR) is 140 cm³/mol. The van der Waals surface area contributed by atoms with Gasteiger partial charge in [-0.2, -0.15) is 4.98 Å². The van der Waals surface area contributed by atoms with Crippen LogP contribution in [0, 0.1) is 13.8 Å². The van der Waals surface area contributed by atoms with Gasteiger partial charge in [0.15, 0.2) is 0 Å². The summed E-state index contributed by atoms with van der Waals surface area (Å²) in [4.78, 5) is 19.8. The first-order valence-corrected chi connectivity index (χ1v) is 12.0. The van der Waals surface area contributed by atoms with Gasteiger partial charge in [-0.25, -0.2) is 4.79 Å². The molecule has 3 aromatic carbocycles. The van der Waals surface area contributed by atoms with Crippen molar-refractivity contribution in [3.63, 3.8) is 0 Å². The molecule has 0 saturated carbocycles. The second-order valence-corrected chi connectivity index (χ2v) is 8.85. The number of aryl methyl sites for hydroxylation is 2. The van der Waals surface area contributed by atoms with Crippen molar-refractivity contribution in [2.24, 2.45) is 0 Å². The van der Waals surface area contributed by atoms with Crippen LogP contribution >= 0.6 is 0 Å². The van der Waals surface area contributed by atoms with Crippen LogP contribution in [-0.4, -0.2) is 22.8 Å². The van der Waals surface area contributed by atoms with Crippen molar-refractivity contribution >= 4 is 17.3 Å². The van der Waals surface area contributed by atoms with E-state index in [2.05, 4.69) is 10.5 Å². The first kappa shape index (κ1) is 23.4. The van der Waals surface area contributed by atoms with Crippen LogP contribution in [0.5, 0.6) is 5.75 Å². The molecule has 1 unspecified atom stereocenters. The van der Waals surface area contributed by atoms with Crippen LogP contribution in [0.2, 0.25) is 0 Å². The molecule has 0 bridgehead atoms. The van der Waals surface area contributed by atoms with Gasteiger partial charge in [0.05, 0.1) is 23.9 Å². The van der Waals surface area contributed by atoms with E-state index in [0.717, 1.165) is 45.0 Å². The van der Waals surface area contributed by atoms with E-state index in [1.807, 2.05) is 100 Å².